The zero-order valence-electron chi connectivity index (χ0n) is 8.66. The highest BCUT2D eigenvalue weighted by atomic mass is 16.5. The van der Waals surface area contributed by atoms with E-state index < -0.39 is 11.4 Å². The van der Waals surface area contributed by atoms with Crippen LogP contribution in [-0.4, -0.2) is 37.5 Å². The van der Waals surface area contributed by atoms with Gasteiger partial charge in [-0.05, 0) is 20.8 Å². The van der Waals surface area contributed by atoms with Crippen molar-refractivity contribution in [3.63, 3.8) is 0 Å². The molecule has 78 valence electrons. The molecule has 13 heavy (non-hydrogen) atoms. The molecular formula is C9H18O4. The van der Waals surface area contributed by atoms with Gasteiger partial charge in [-0.2, -0.15) is 0 Å². The summed E-state index contributed by atoms with van der Waals surface area (Å²) >= 11 is 0. The van der Waals surface area contributed by atoms with Crippen LogP contribution in [0.15, 0.2) is 0 Å². The number of esters is 1. The molecule has 0 heterocycles. The Morgan fingerprint density at radius 3 is 2.46 bits per heavy atom. The van der Waals surface area contributed by atoms with E-state index in [2.05, 4.69) is 0 Å². The number of rotatable bonds is 5. The first-order chi connectivity index (χ1) is 6.02. The number of ether oxygens (including phenoxy) is 2. The zero-order valence-corrected chi connectivity index (χ0v) is 8.66. The lowest BCUT2D eigenvalue weighted by molar-refractivity contribution is -0.166. The van der Waals surface area contributed by atoms with Gasteiger partial charge in [0.15, 0.2) is 0 Å². The molecule has 0 aromatic carbocycles. The predicted molar refractivity (Wildman–Crippen MR) is 48.3 cm³/mol. The van der Waals surface area contributed by atoms with Crippen LogP contribution in [-0.2, 0) is 14.3 Å². The number of hydrogen-bond donors (Lipinski definition) is 1. The topological polar surface area (TPSA) is 55.8 Å². The third-order valence-electron chi connectivity index (χ3n) is 2.32. The van der Waals surface area contributed by atoms with E-state index in [4.69, 9.17) is 14.6 Å². The summed E-state index contributed by atoms with van der Waals surface area (Å²) in [6, 6.07) is 0. The van der Waals surface area contributed by atoms with Crippen molar-refractivity contribution < 1.29 is 19.4 Å². The van der Waals surface area contributed by atoms with E-state index in [1.807, 2.05) is 0 Å². The van der Waals surface area contributed by atoms with E-state index in [-0.39, 0.29) is 12.7 Å². The number of hydrogen-bond acceptors (Lipinski definition) is 4. The van der Waals surface area contributed by atoms with Crippen LogP contribution in [0, 0.1) is 5.41 Å². The second kappa shape index (κ2) is 5.19. The molecule has 1 N–H and O–H groups in total. The van der Waals surface area contributed by atoms with Gasteiger partial charge in [0.1, 0.15) is 5.41 Å². The molecule has 0 amide bonds. The summed E-state index contributed by atoms with van der Waals surface area (Å²) in [5.74, 6) is -0.424. The lowest BCUT2D eigenvalue weighted by Gasteiger charge is -2.29. The summed E-state index contributed by atoms with van der Waals surface area (Å²) < 4.78 is 9.85. The van der Waals surface area contributed by atoms with Gasteiger partial charge < -0.3 is 14.6 Å². The Morgan fingerprint density at radius 2 is 2.15 bits per heavy atom. The van der Waals surface area contributed by atoms with Gasteiger partial charge in [-0.1, -0.05) is 0 Å². The molecule has 4 heteroatoms. The van der Waals surface area contributed by atoms with Gasteiger partial charge >= 0.3 is 5.97 Å². The fraction of sp³-hybridized carbons (Fsp3) is 0.889. The van der Waals surface area contributed by atoms with Crippen LogP contribution in [0.2, 0.25) is 0 Å². The number of aliphatic hydroxyl groups is 1. The second-order valence-electron chi connectivity index (χ2n) is 3.17. The standard InChI is InChI=1S/C9H18O4/c1-5-13-8(11)9(3,6-10)7(2)12-4/h7,10H,5-6H2,1-4H3. The Hall–Kier alpha value is -0.610. The molecule has 0 aliphatic heterocycles. The highest BCUT2D eigenvalue weighted by Crippen LogP contribution is 2.24. The van der Waals surface area contributed by atoms with Gasteiger partial charge in [0.25, 0.3) is 0 Å². The van der Waals surface area contributed by atoms with Crippen molar-refractivity contribution in [1.29, 1.82) is 0 Å². The molecule has 0 aromatic rings. The normalized spacial score (nSPS) is 17.6. The van der Waals surface area contributed by atoms with Gasteiger partial charge in [0.05, 0.1) is 19.3 Å². The van der Waals surface area contributed by atoms with Crippen LogP contribution in [0.5, 0.6) is 0 Å². The van der Waals surface area contributed by atoms with Crippen molar-refractivity contribution in [2.75, 3.05) is 20.3 Å². The highest BCUT2D eigenvalue weighted by molar-refractivity contribution is 5.77. The average Bonchev–Trinajstić information content (AvgIpc) is 2.15. The molecule has 0 spiro atoms. The van der Waals surface area contributed by atoms with E-state index in [9.17, 15) is 4.79 Å². The zero-order chi connectivity index (χ0) is 10.5. The maximum atomic E-state index is 11.4. The van der Waals surface area contributed by atoms with Crippen LogP contribution in [0.4, 0.5) is 0 Å². The minimum absolute atomic E-state index is 0.277. The highest BCUT2D eigenvalue weighted by Gasteiger charge is 2.40. The number of carbonyl (C=O) groups is 1. The summed E-state index contributed by atoms with van der Waals surface area (Å²) in [6.45, 7) is 5.12. The van der Waals surface area contributed by atoms with Crippen LogP contribution in [0.3, 0.4) is 0 Å². The Labute approximate surface area is 78.8 Å². The Balaban J connectivity index is 4.51. The van der Waals surface area contributed by atoms with Gasteiger partial charge in [-0.3, -0.25) is 4.79 Å². The summed E-state index contributed by atoms with van der Waals surface area (Å²) in [7, 11) is 1.50. The van der Waals surface area contributed by atoms with Gasteiger partial charge in [-0.25, -0.2) is 0 Å². The first-order valence-corrected chi connectivity index (χ1v) is 4.33. The molecule has 0 aromatic heterocycles. The third-order valence-corrected chi connectivity index (χ3v) is 2.32. The predicted octanol–water partition coefficient (Wildman–Crippen LogP) is 0.583. The van der Waals surface area contributed by atoms with Crippen molar-refractivity contribution in [1.82, 2.24) is 0 Å². The Bertz CT molecular complexity index is 169. The minimum atomic E-state index is -0.967. The molecule has 0 bridgehead atoms. The number of aliphatic hydroxyl groups excluding tert-OH is 1. The Morgan fingerprint density at radius 1 is 1.62 bits per heavy atom. The van der Waals surface area contributed by atoms with Gasteiger partial charge in [-0.15, -0.1) is 0 Å². The molecular weight excluding hydrogens is 172 g/mol. The largest absolute Gasteiger partial charge is 0.465 e. The van der Waals surface area contributed by atoms with Crippen LogP contribution in [0.1, 0.15) is 20.8 Å². The molecule has 0 saturated heterocycles. The molecule has 0 fully saturated rings. The number of carbonyl (C=O) groups excluding carboxylic acids is 1. The maximum Gasteiger partial charge on any atom is 0.316 e. The summed E-state index contributed by atoms with van der Waals surface area (Å²) in [5, 5.41) is 9.10. The van der Waals surface area contributed by atoms with Crippen molar-refractivity contribution in [3.05, 3.63) is 0 Å². The van der Waals surface area contributed by atoms with Crippen molar-refractivity contribution in [2.24, 2.45) is 5.41 Å². The molecule has 0 aliphatic rings. The lowest BCUT2D eigenvalue weighted by Crippen LogP contribution is -2.43. The second-order valence-corrected chi connectivity index (χ2v) is 3.17. The SMILES string of the molecule is CCOC(=O)C(C)(CO)C(C)OC. The van der Waals surface area contributed by atoms with E-state index in [0.717, 1.165) is 0 Å². The van der Waals surface area contributed by atoms with Crippen LogP contribution < -0.4 is 0 Å². The van der Waals surface area contributed by atoms with Gasteiger partial charge in [0.2, 0.25) is 0 Å². The third kappa shape index (κ3) is 2.67. The van der Waals surface area contributed by atoms with Crippen molar-refractivity contribution in [3.8, 4) is 0 Å². The molecule has 2 unspecified atom stereocenters. The van der Waals surface area contributed by atoms with E-state index in [0.29, 0.717) is 6.61 Å². The minimum Gasteiger partial charge on any atom is -0.465 e. The van der Waals surface area contributed by atoms with Crippen molar-refractivity contribution >= 4 is 5.97 Å². The first kappa shape index (κ1) is 12.4. The van der Waals surface area contributed by atoms with E-state index >= 15 is 0 Å². The van der Waals surface area contributed by atoms with E-state index in [1.165, 1.54) is 7.11 Å². The maximum absolute atomic E-state index is 11.4. The molecule has 0 rings (SSSR count). The lowest BCUT2D eigenvalue weighted by atomic mass is 9.86. The summed E-state index contributed by atoms with van der Waals surface area (Å²) in [6.07, 6.45) is -0.364. The molecule has 0 saturated carbocycles. The van der Waals surface area contributed by atoms with Gasteiger partial charge in [0, 0.05) is 7.11 Å². The summed E-state index contributed by atoms with van der Waals surface area (Å²) in [4.78, 5) is 11.4. The monoisotopic (exact) mass is 190 g/mol. The average molecular weight is 190 g/mol. The first-order valence-electron chi connectivity index (χ1n) is 4.33. The van der Waals surface area contributed by atoms with Crippen LogP contribution in [0.25, 0.3) is 0 Å². The van der Waals surface area contributed by atoms with E-state index in [1.54, 1.807) is 20.8 Å². The van der Waals surface area contributed by atoms with Crippen LogP contribution >= 0.6 is 0 Å². The quantitative estimate of drug-likeness (QED) is 0.644. The fourth-order valence-corrected chi connectivity index (χ4v) is 0.915. The fourth-order valence-electron chi connectivity index (χ4n) is 0.915. The van der Waals surface area contributed by atoms with Crippen molar-refractivity contribution in [2.45, 2.75) is 26.9 Å². The smallest absolute Gasteiger partial charge is 0.316 e. The number of methoxy groups -OCH3 is 1. The molecule has 0 aliphatic carbocycles. The molecule has 2 atom stereocenters. The Kier molecular flexibility index (Phi) is 4.95. The molecule has 4 nitrogen and oxygen atoms in total. The summed E-state index contributed by atoms with van der Waals surface area (Å²) in [5.41, 5.74) is -0.967. The molecule has 0 radical (unpaired) electrons.